The number of thiazole rings is 1. The number of piperidine rings is 1. The lowest BCUT2D eigenvalue weighted by Crippen LogP contribution is -2.41. The minimum atomic E-state index is -3.45. The van der Waals surface area contributed by atoms with Crippen molar-refractivity contribution in [2.24, 2.45) is 0 Å². The Balaban J connectivity index is 1.41. The Hall–Kier alpha value is -2.16. The number of nitrogens with zero attached hydrogens (tertiary/aromatic N) is 2. The van der Waals surface area contributed by atoms with E-state index in [4.69, 9.17) is 9.47 Å². The molecule has 1 fully saturated rings. The molecule has 6 nitrogen and oxygen atoms in total. The van der Waals surface area contributed by atoms with Gasteiger partial charge < -0.3 is 9.47 Å². The van der Waals surface area contributed by atoms with Gasteiger partial charge in [-0.05, 0) is 44.0 Å². The van der Waals surface area contributed by atoms with Crippen LogP contribution in [0.4, 0.5) is 0 Å². The smallest absolute Gasteiger partial charge is 0.274 e. The molecule has 2 aromatic carbocycles. The number of aryl methyl sites for hydroxylation is 1. The van der Waals surface area contributed by atoms with Crippen molar-refractivity contribution in [1.29, 1.82) is 0 Å². The number of hydrogen-bond acceptors (Lipinski definition) is 6. The summed E-state index contributed by atoms with van der Waals surface area (Å²) in [6, 6.07) is 12.7. The van der Waals surface area contributed by atoms with Crippen molar-refractivity contribution < 1.29 is 17.9 Å². The highest BCUT2D eigenvalue weighted by Crippen LogP contribution is 2.32. The molecule has 1 aliphatic heterocycles. The molecule has 0 aliphatic carbocycles. The van der Waals surface area contributed by atoms with Crippen molar-refractivity contribution in [2.75, 3.05) is 20.2 Å². The van der Waals surface area contributed by atoms with E-state index in [0.717, 1.165) is 21.5 Å². The molecule has 2 heterocycles. The molecule has 0 radical (unpaired) electrons. The topological polar surface area (TPSA) is 68.7 Å². The van der Waals surface area contributed by atoms with E-state index >= 15 is 0 Å². The lowest BCUT2D eigenvalue weighted by molar-refractivity contribution is 0.135. The second kappa shape index (κ2) is 7.69. The van der Waals surface area contributed by atoms with Gasteiger partial charge in [-0.15, -0.1) is 0 Å². The fourth-order valence-corrected chi connectivity index (χ4v) is 5.59. The number of aromatic nitrogens is 1. The number of sulfonamides is 1. The molecular weight excluding hydrogens is 396 g/mol. The van der Waals surface area contributed by atoms with Crippen LogP contribution >= 0.6 is 11.3 Å². The Kier molecular flexibility index (Phi) is 5.27. The zero-order chi connectivity index (χ0) is 19.7. The van der Waals surface area contributed by atoms with Crippen molar-refractivity contribution in [3.63, 3.8) is 0 Å². The molecule has 148 valence electrons. The minimum absolute atomic E-state index is 0.0353. The van der Waals surface area contributed by atoms with E-state index in [-0.39, 0.29) is 6.10 Å². The lowest BCUT2D eigenvalue weighted by atomic mass is 10.1. The predicted molar refractivity (Wildman–Crippen MR) is 110 cm³/mol. The summed E-state index contributed by atoms with van der Waals surface area (Å²) in [5.74, 6) is 0.763. The highest BCUT2D eigenvalue weighted by molar-refractivity contribution is 7.89. The highest BCUT2D eigenvalue weighted by atomic mass is 32.2. The number of rotatable bonds is 5. The highest BCUT2D eigenvalue weighted by Gasteiger charge is 2.30. The standard InChI is InChI=1S/C20H22N2O4S2/c1-14-3-6-17(7-4-14)28(23,24)22-11-9-15(10-12-22)26-20-21-18-13-16(25-2)5-8-19(18)27-20/h3-8,13,15H,9-12H2,1-2H3. The zero-order valence-corrected chi connectivity index (χ0v) is 17.4. The van der Waals surface area contributed by atoms with Gasteiger partial charge in [0, 0.05) is 19.2 Å². The number of fused-ring (bicyclic) bond motifs is 1. The van der Waals surface area contributed by atoms with Crippen molar-refractivity contribution in [2.45, 2.75) is 30.8 Å². The summed E-state index contributed by atoms with van der Waals surface area (Å²) in [5.41, 5.74) is 1.89. The molecule has 1 saturated heterocycles. The second-order valence-electron chi connectivity index (χ2n) is 6.85. The summed E-state index contributed by atoms with van der Waals surface area (Å²) in [6.07, 6.45) is 1.25. The third-order valence-corrected chi connectivity index (χ3v) is 7.74. The largest absolute Gasteiger partial charge is 0.497 e. The number of hydrogen-bond donors (Lipinski definition) is 0. The molecule has 0 atom stereocenters. The quantitative estimate of drug-likeness (QED) is 0.630. The van der Waals surface area contributed by atoms with Gasteiger partial charge >= 0.3 is 0 Å². The third kappa shape index (κ3) is 3.85. The van der Waals surface area contributed by atoms with Gasteiger partial charge in [0.2, 0.25) is 10.0 Å². The van der Waals surface area contributed by atoms with Gasteiger partial charge in [-0.1, -0.05) is 29.0 Å². The number of benzene rings is 2. The second-order valence-corrected chi connectivity index (χ2v) is 9.78. The van der Waals surface area contributed by atoms with Crippen LogP contribution < -0.4 is 9.47 Å². The van der Waals surface area contributed by atoms with Crippen LogP contribution in [0.1, 0.15) is 18.4 Å². The Bertz CT molecular complexity index is 1070. The van der Waals surface area contributed by atoms with Crippen molar-refractivity contribution in [3.8, 4) is 10.9 Å². The normalized spacial score (nSPS) is 16.4. The third-order valence-electron chi connectivity index (χ3n) is 4.90. The van der Waals surface area contributed by atoms with E-state index in [1.54, 1.807) is 23.5 Å². The summed E-state index contributed by atoms with van der Waals surface area (Å²) < 4.78 is 39.5. The summed E-state index contributed by atoms with van der Waals surface area (Å²) in [4.78, 5) is 4.87. The van der Waals surface area contributed by atoms with Crippen LogP contribution in [0.25, 0.3) is 10.2 Å². The van der Waals surface area contributed by atoms with E-state index < -0.39 is 10.0 Å². The van der Waals surface area contributed by atoms with Gasteiger partial charge in [0.15, 0.2) is 0 Å². The summed E-state index contributed by atoms with van der Waals surface area (Å²) in [7, 11) is -1.82. The fraction of sp³-hybridized carbons (Fsp3) is 0.350. The average molecular weight is 419 g/mol. The van der Waals surface area contributed by atoms with Crippen molar-refractivity contribution >= 4 is 31.6 Å². The predicted octanol–water partition coefficient (Wildman–Crippen LogP) is 3.85. The van der Waals surface area contributed by atoms with E-state index in [2.05, 4.69) is 4.98 Å². The molecule has 4 rings (SSSR count). The van der Waals surface area contributed by atoms with E-state index in [0.29, 0.717) is 36.0 Å². The molecule has 0 bridgehead atoms. The molecule has 0 unspecified atom stereocenters. The summed E-state index contributed by atoms with van der Waals surface area (Å²) in [6.45, 7) is 2.83. The SMILES string of the molecule is COc1ccc2sc(OC3CCN(S(=O)(=O)c4ccc(C)cc4)CC3)nc2c1. The Morgan fingerprint density at radius 2 is 1.82 bits per heavy atom. The Labute approximate surface area is 168 Å². The first kappa shape index (κ1) is 19.2. The first-order valence-electron chi connectivity index (χ1n) is 9.14. The Morgan fingerprint density at radius 3 is 2.50 bits per heavy atom. The van der Waals surface area contributed by atoms with Crippen LogP contribution in [0.5, 0.6) is 10.9 Å². The van der Waals surface area contributed by atoms with Gasteiger partial charge in [0.05, 0.1) is 22.2 Å². The van der Waals surface area contributed by atoms with Gasteiger partial charge in [0.1, 0.15) is 11.9 Å². The molecule has 8 heteroatoms. The monoisotopic (exact) mass is 418 g/mol. The van der Waals surface area contributed by atoms with Crippen LogP contribution in [0.3, 0.4) is 0 Å². The first-order chi connectivity index (χ1) is 13.5. The molecular formula is C20H22N2O4S2. The maximum atomic E-state index is 12.8. The summed E-state index contributed by atoms with van der Waals surface area (Å²) in [5, 5.41) is 0.614. The molecule has 0 saturated carbocycles. The van der Waals surface area contributed by atoms with Crippen LogP contribution in [0, 0.1) is 6.92 Å². The average Bonchev–Trinajstić information content (AvgIpc) is 3.10. The minimum Gasteiger partial charge on any atom is -0.497 e. The van der Waals surface area contributed by atoms with Gasteiger partial charge in [-0.3, -0.25) is 0 Å². The summed E-state index contributed by atoms with van der Waals surface area (Å²) >= 11 is 1.49. The molecule has 3 aromatic rings. The molecule has 1 aliphatic rings. The first-order valence-corrected chi connectivity index (χ1v) is 11.4. The van der Waals surface area contributed by atoms with E-state index in [1.165, 1.54) is 11.3 Å². The fourth-order valence-electron chi connectivity index (χ4n) is 3.26. The van der Waals surface area contributed by atoms with Crippen molar-refractivity contribution in [3.05, 3.63) is 48.0 Å². The van der Waals surface area contributed by atoms with E-state index in [1.807, 2.05) is 37.3 Å². The Morgan fingerprint density at radius 1 is 1.11 bits per heavy atom. The zero-order valence-electron chi connectivity index (χ0n) is 15.8. The van der Waals surface area contributed by atoms with Gasteiger partial charge in [-0.2, -0.15) is 4.31 Å². The molecule has 0 N–H and O–H groups in total. The van der Waals surface area contributed by atoms with Crippen LogP contribution in [0.15, 0.2) is 47.4 Å². The van der Waals surface area contributed by atoms with E-state index in [9.17, 15) is 8.42 Å². The maximum Gasteiger partial charge on any atom is 0.274 e. The molecule has 0 spiro atoms. The van der Waals surface area contributed by atoms with Crippen LogP contribution in [-0.2, 0) is 10.0 Å². The van der Waals surface area contributed by atoms with Crippen LogP contribution in [0.2, 0.25) is 0 Å². The molecule has 0 amide bonds. The van der Waals surface area contributed by atoms with Crippen molar-refractivity contribution in [1.82, 2.24) is 9.29 Å². The van der Waals surface area contributed by atoms with Crippen LogP contribution in [-0.4, -0.2) is 44.0 Å². The molecule has 28 heavy (non-hydrogen) atoms. The van der Waals surface area contributed by atoms with Gasteiger partial charge in [0.25, 0.3) is 5.19 Å². The molecule has 1 aromatic heterocycles. The number of methoxy groups -OCH3 is 1. The number of ether oxygens (including phenoxy) is 2. The maximum absolute atomic E-state index is 12.8. The lowest BCUT2D eigenvalue weighted by Gasteiger charge is -2.30. The van der Waals surface area contributed by atoms with Gasteiger partial charge in [-0.25, -0.2) is 13.4 Å².